The third kappa shape index (κ3) is 26.0. The van der Waals surface area contributed by atoms with Gasteiger partial charge in [-0.3, -0.25) is 24.4 Å². The highest BCUT2D eigenvalue weighted by Gasteiger charge is 2.36. The van der Waals surface area contributed by atoms with Crippen LogP contribution in [0.2, 0.25) is 5.02 Å². The Balaban J connectivity index is 0.000000144. The molecule has 4 N–H and O–H groups in total. The number of aliphatic hydroxyl groups excluding tert-OH is 1. The van der Waals surface area contributed by atoms with E-state index < -0.39 is 44.7 Å². The number of aliphatic hydroxyl groups is 1. The molecule has 7 aliphatic heterocycles. The van der Waals surface area contributed by atoms with Crippen molar-refractivity contribution in [3.05, 3.63) is 339 Å². The first-order valence-electron chi connectivity index (χ1n) is 45.0. The number of nitrogens with zero attached hydrogens (tertiary/aromatic N) is 15. The number of methoxy groups -OCH3 is 4. The van der Waals surface area contributed by atoms with Crippen molar-refractivity contribution in [3.8, 4) is 56.6 Å². The Labute approximate surface area is 831 Å². The summed E-state index contributed by atoms with van der Waals surface area (Å²) in [4.78, 5) is 100. The van der Waals surface area contributed by atoms with Crippen LogP contribution in [0.25, 0.3) is 33.6 Å². The predicted octanol–water partition coefficient (Wildman–Crippen LogP) is 16.3. The van der Waals surface area contributed by atoms with Crippen LogP contribution < -0.4 is 49.6 Å². The number of fused-ring (bicyclic) bond motifs is 3. The molecule has 3 amide bonds. The number of benzene rings is 6. The highest BCUT2D eigenvalue weighted by atomic mass is 79.9. The lowest BCUT2D eigenvalue weighted by atomic mass is 9.98. The van der Waals surface area contributed by atoms with Crippen LogP contribution in [-0.4, -0.2) is 218 Å². The van der Waals surface area contributed by atoms with Gasteiger partial charge >= 0.3 is 11.6 Å². The van der Waals surface area contributed by atoms with Gasteiger partial charge in [0.1, 0.15) is 63.7 Å². The Morgan fingerprint density at radius 2 is 0.825 bits per heavy atom. The van der Waals surface area contributed by atoms with Gasteiger partial charge in [0.05, 0.1) is 208 Å². The lowest BCUT2D eigenvalue weighted by Gasteiger charge is -2.28. The van der Waals surface area contributed by atoms with Crippen molar-refractivity contribution in [1.29, 1.82) is 0 Å². The van der Waals surface area contributed by atoms with E-state index >= 15 is 0 Å². The standard InChI is InChI=1S/C32H30F2N4O4.C23H18ClF2NO3.C23H20F2N4O2.C9H11N3O3.C9H13N3O.C5H3BrN2O2.CH4O/c1-40-24-9-6-20(29(16-24)41-2)18-38-19-28-30(32(38)39)21(15-27(36-28)31-25(33)4-3-5-26(31)34)14-22-7-8-23(17-35-22)37-10-12-42-13-11-37;1-29-16-7-6-13(20(10-16)30-2)11-27-12-15-8-14(9-17(24)21(15)23(27)28)22-18(25)4-3-5-19(22)26;24-17-2-1-3-18(25)22(17)19-11-14(21-20(28-19)13-27-23(21)30)10-15-4-5-16(12-26-15)29-6-8-31-9-7-29;13-12(14)9-2-1-8(7-10-9)11-3-5-15-6-4-11;10-9-2-1-8(7-11-9)12-3-5-13-6-4-12;6-4-1-2-5(7-3-4)8(9)10;1-2/h3-9,15-17H,10-14,18-19H2,1-2H3;3-10H,11-12H2,1-2H3;1-5,11-12H,6-10,13H2,(H,27,30);1-2,7H,3-6H2;1-2,7H,3-6H2,(H2,10,11);1-3H;2H,1H3. The number of ether oxygens (including phenoxy) is 8. The van der Waals surface area contributed by atoms with E-state index in [9.17, 15) is 61.0 Å². The van der Waals surface area contributed by atoms with Crippen LogP contribution in [0, 0.1) is 55.1 Å². The summed E-state index contributed by atoms with van der Waals surface area (Å²) in [6.07, 6.45) is 8.99. The van der Waals surface area contributed by atoms with Crippen LogP contribution in [0.1, 0.15) is 81.7 Å². The van der Waals surface area contributed by atoms with Gasteiger partial charge in [-0.1, -0.05) is 29.8 Å². The number of morpholine rings is 4. The number of nitrogens with two attached hydrogens (primary N) is 1. The summed E-state index contributed by atoms with van der Waals surface area (Å²) in [5.74, 6) is -2.10. The molecule has 0 aliphatic carbocycles. The molecular formula is C102H99BrClF6N17O16. The Morgan fingerprint density at radius 3 is 1.22 bits per heavy atom. The van der Waals surface area contributed by atoms with Crippen molar-refractivity contribution in [2.24, 2.45) is 0 Å². The number of rotatable bonds is 21. The number of carbonyl (C=O) groups excluding carboxylic acids is 3. The summed E-state index contributed by atoms with van der Waals surface area (Å²) in [6.45, 7) is 13.6. The molecule has 0 radical (unpaired) electrons. The minimum absolute atomic E-state index is 0.119. The first-order chi connectivity index (χ1) is 69.3. The number of nitrogens with one attached hydrogen (secondary N) is 1. The second kappa shape index (κ2) is 49.4. The fraction of sp³-hybridized carbons (Fsp3) is 0.275. The van der Waals surface area contributed by atoms with Crippen molar-refractivity contribution in [2.75, 3.05) is 166 Å². The molecule has 0 bridgehead atoms. The molecule has 0 atom stereocenters. The van der Waals surface area contributed by atoms with Gasteiger partial charge in [0, 0.05) is 132 Å². The van der Waals surface area contributed by atoms with Gasteiger partial charge < -0.3 is 104 Å². The number of hydrogen-bond donors (Lipinski definition) is 3. The van der Waals surface area contributed by atoms with Gasteiger partial charge in [0.15, 0.2) is 12.4 Å². The Bertz CT molecular complexity index is 6600. The van der Waals surface area contributed by atoms with E-state index in [1.807, 2.05) is 54.7 Å². The van der Waals surface area contributed by atoms with Crippen molar-refractivity contribution in [2.45, 2.75) is 45.6 Å². The monoisotopic (exact) mass is 2050 g/mol. The number of anilines is 5. The summed E-state index contributed by atoms with van der Waals surface area (Å²) in [5.41, 5.74) is 16.7. The van der Waals surface area contributed by atoms with Crippen LogP contribution in [0.5, 0.6) is 23.0 Å². The summed E-state index contributed by atoms with van der Waals surface area (Å²) >= 11 is 9.47. The highest BCUT2D eigenvalue weighted by Crippen LogP contribution is 2.41. The van der Waals surface area contributed by atoms with Crippen LogP contribution in [0.3, 0.4) is 0 Å². The maximum absolute atomic E-state index is 14.8. The van der Waals surface area contributed by atoms with Gasteiger partial charge in [-0.15, -0.1) is 0 Å². The van der Waals surface area contributed by atoms with E-state index in [-0.39, 0.29) is 88.6 Å². The molecule has 6 aromatic carbocycles. The third-order valence-corrected chi connectivity index (χ3v) is 24.5. The number of amides is 3. The molecule has 4 fully saturated rings. The van der Waals surface area contributed by atoms with E-state index in [1.54, 1.807) is 105 Å². The predicted molar refractivity (Wildman–Crippen MR) is 526 cm³/mol. The first kappa shape index (κ1) is 104. The number of nitro groups is 2. The topological polar surface area (TPSA) is 379 Å². The maximum atomic E-state index is 14.8. The van der Waals surface area contributed by atoms with E-state index in [0.29, 0.717) is 138 Å². The average Bonchev–Trinajstić information content (AvgIpc) is 1.62. The lowest BCUT2D eigenvalue weighted by molar-refractivity contribution is -0.389. The van der Waals surface area contributed by atoms with Crippen molar-refractivity contribution >= 4 is 85.5 Å². The minimum Gasteiger partial charge on any atom is -0.497 e. The van der Waals surface area contributed by atoms with Crippen molar-refractivity contribution < 1.29 is 93.6 Å². The van der Waals surface area contributed by atoms with Gasteiger partial charge in [0.25, 0.3) is 17.7 Å². The smallest absolute Gasteiger partial charge is 0.363 e. The molecule has 744 valence electrons. The molecular weight excluding hydrogens is 1950 g/mol. The van der Waals surface area contributed by atoms with E-state index in [4.69, 9.17) is 60.3 Å². The normalized spacial score (nSPS) is 14.4. The fourth-order valence-corrected chi connectivity index (χ4v) is 17.2. The zero-order valence-corrected chi connectivity index (χ0v) is 80.6. The van der Waals surface area contributed by atoms with Crippen molar-refractivity contribution in [1.82, 2.24) is 50.0 Å². The van der Waals surface area contributed by atoms with Crippen LogP contribution in [0.4, 0.5) is 66.5 Å². The molecule has 0 spiro atoms. The number of pyridine rings is 7. The van der Waals surface area contributed by atoms with E-state index in [0.717, 1.165) is 122 Å². The molecule has 14 heterocycles. The molecule has 0 saturated carbocycles. The number of halogens is 8. The number of carbonyl (C=O) groups is 3. The second-order valence-corrected chi connectivity index (χ2v) is 33.9. The molecule has 7 aliphatic rings. The Kier molecular flexibility index (Phi) is 35.8. The third-order valence-electron chi connectivity index (χ3n) is 23.7. The lowest BCUT2D eigenvalue weighted by Crippen LogP contribution is -2.36. The maximum Gasteiger partial charge on any atom is 0.363 e. The first-order valence-corrected chi connectivity index (χ1v) is 46.2. The summed E-state index contributed by atoms with van der Waals surface area (Å²) < 4.78 is 130. The Morgan fingerprint density at radius 1 is 0.434 bits per heavy atom. The molecule has 41 heteroatoms. The summed E-state index contributed by atoms with van der Waals surface area (Å²) in [7, 11) is 7.24. The van der Waals surface area contributed by atoms with Crippen molar-refractivity contribution in [3.63, 3.8) is 0 Å². The van der Waals surface area contributed by atoms with Gasteiger partial charge in [-0.25, -0.2) is 41.3 Å². The zero-order chi connectivity index (χ0) is 101. The quantitative estimate of drug-likeness (QED) is 0.0342. The largest absolute Gasteiger partial charge is 0.497 e. The van der Waals surface area contributed by atoms with Gasteiger partial charge in [0.2, 0.25) is 0 Å². The fourth-order valence-electron chi connectivity index (χ4n) is 16.6. The molecule has 0 unspecified atom stereocenters. The minimum atomic E-state index is -0.717. The van der Waals surface area contributed by atoms with E-state index in [2.05, 4.69) is 75.7 Å². The van der Waals surface area contributed by atoms with Crippen LogP contribution in [0.15, 0.2) is 211 Å². The molecule has 20 rings (SSSR count). The number of nitrogen functional groups attached to an aromatic ring is 1. The average molecular weight is 2050 g/mol. The van der Waals surface area contributed by atoms with Gasteiger partial charge in [-0.05, 0) is 191 Å². The Hall–Kier alpha value is -15.1. The van der Waals surface area contributed by atoms with E-state index in [1.165, 1.54) is 85.2 Å². The van der Waals surface area contributed by atoms with Crippen LogP contribution in [-0.2, 0) is 64.5 Å². The SMILES string of the molecule is CO.COc1ccc(CN2Cc3cc(-c4c(F)cccc4F)cc(Cl)c3C2=O)c(OC)c1.COc1ccc(CN2Cc3nc(-c4c(F)cccc4F)cc(Cc4ccc(N5CCOCC5)cn4)c3C2=O)c(OC)c1.Nc1ccc(N2CCOCC2)cn1.O=C1NCc2nc(-c3c(F)cccc3F)cc(Cc3ccc(N4CCOCC4)cn3)c21.O=[N+]([O-])c1ccc(Br)cn1.O=[N+]([O-])c1ccc(N2CCOCC2)cn1. The molecule has 143 heavy (non-hydrogen) atoms. The molecule has 13 aromatic rings. The number of hydrogen-bond acceptors (Lipinski definition) is 28. The number of aromatic nitrogens is 7. The highest BCUT2D eigenvalue weighted by molar-refractivity contribution is 9.10. The summed E-state index contributed by atoms with van der Waals surface area (Å²) in [5, 5.41) is 30.3. The van der Waals surface area contributed by atoms with Crippen LogP contribution >= 0.6 is 27.5 Å². The molecule has 7 aromatic heterocycles. The molecule has 4 saturated heterocycles. The molecule has 33 nitrogen and oxygen atoms in total. The second-order valence-electron chi connectivity index (χ2n) is 32.6. The zero-order valence-electron chi connectivity index (χ0n) is 78.3. The van der Waals surface area contributed by atoms with Gasteiger partial charge in [-0.2, -0.15) is 0 Å². The summed E-state index contributed by atoms with van der Waals surface area (Å²) in [6, 6.07) is 45.8.